The van der Waals surface area contributed by atoms with E-state index in [4.69, 9.17) is 0 Å². The fourth-order valence-electron chi connectivity index (χ4n) is 1.21. The number of amidine groups is 1. The fourth-order valence-corrected chi connectivity index (χ4v) is 1.21. The number of aliphatic imine (C=N–C) groups is 2. The molecule has 0 aromatic rings. The van der Waals surface area contributed by atoms with Crippen molar-refractivity contribution in [2.75, 3.05) is 0 Å². The van der Waals surface area contributed by atoms with Gasteiger partial charge in [-0.2, -0.15) is 0 Å². The molecule has 1 N–H and O–H groups in total. The van der Waals surface area contributed by atoms with E-state index in [9.17, 15) is 0 Å². The number of hydrogen-bond donors (Lipinski definition) is 1. The molecule has 0 saturated heterocycles. The molecule has 0 aromatic carbocycles. The molecule has 0 spiro atoms. The lowest BCUT2D eigenvalue weighted by molar-refractivity contribution is 0.627. The quantitative estimate of drug-likeness (QED) is 0.511. The minimum absolute atomic E-state index is 0.102. The highest BCUT2D eigenvalue weighted by atomic mass is 15.2. The van der Waals surface area contributed by atoms with Gasteiger partial charge in [0.2, 0.25) is 0 Å². The van der Waals surface area contributed by atoms with Gasteiger partial charge < -0.3 is 5.32 Å². The SMILES string of the molecule is CC1=NC2N=CC=CC2N1. The zero-order chi connectivity index (χ0) is 6.97. The zero-order valence-corrected chi connectivity index (χ0v) is 5.78. The predicted octanol–water partition coefficient (Wildman–Crippen LogP) is 0.343. The molecular weight excluding hydrogens is 126 g/mol. The van der Waals surface area contributed by atoms with Gasteiger partial charge in [0.1, 0.15) is 0 Å². The van der Waals surface area contributed by atoms with Crippen molar-refractivity contribution >= 4 is 12.1 Å². The minimum atomic E-state index is 0.102. The first-order chi connectivity index (χ1) is 4.86. The fraction of sp³-hybridized carbons (Fsp3) is 0.429. The van der Waals surface area contributed by atoms with Gasteiger partial charge in [-0.1, -0.05) is 6.08 Å². The number of hydrogen-bond acceptors (Lipinski definition) is 3. The number of nitrogens with zero attached hydrogens (tertiary/aromatic N) is 2. The molecule has 2 heterocycles. The maximum atomic E-state index is 4.27. The first-order valence-corrected chi connectivity index (χ1v) is 3.37. The summed E-state index contributed by atoms with van der Waals surface area (Å²) in [5, 5.41) is 3.21. The lowest BCUT2D eigenvalue weighted by Gasteiger charge is -2.12. The Kier molecular flexibility index (Phi) is 1.09. The molecule has 52 valence electrons. The van der Waals surface area contributed by atoms with Gasteiger partial charge >= 0.3 is 0 Å². The van der Waals surface area contributed by atoms with Gasteiger partial charge in [0, 0.05) is 6.21 Å². The summed E-state index contributed by atoms with van der Waals surface area (Å²) in [6.45, 7) is 1.96. The van der Waals surface area contributed by atoms with E-state index in [1.54, 1.807) is 6.21 Å². The number of nitrogens with one attached hydrogen (secondary N) is 1. The van der Waals surface area contributed by atoms with Crippen LogP contribution in [0.15, 0.2) is 22.1 Å². The zero-order valence-electron chi connectivity index (χ0n) is 5.78. The van der Waals surface area contributed by atoms with Gasteiger partial charge in [0.15, 0.2) is 6.17 Å². The van der Waals surface area contributed by atoms with Crippen molar-refractivity contribution in [3.8, 4) is 0 Å². The highest BCUT2D eigenvalue weighted by molar-refractivity contribution is 5.84. The number of dihydropyridines is 1. The van der Waals surface area contributed by atoms with Gasteiger partial charge in [-0.3, -0.25) is 4.99 Å². The average Bonchev–Trinajstić information content (AvgIpc) is 2.27. The summed E-state index contributed by atoms with van der Waals surface area (Å²) < 4.78 is 0. The molecule has 2 aliphatic heterocycles. The number of fused-ring (bicyclic) bond motifs is 1. The molecule has 0 amide bonds. The molecule has 3 heteroatoms. The number of allylic oxidation sites excluding steroid dienone is 1. The topological polar surface area (TPSA) is 36.8 Å². The van der Waals surface area contributed by atoms with Crippen LogP contribution in [0.5, 0.6) is 0 Å². The molecule has 3 nitrogen and oxygen atoms in total. The van der Waals surface area contributed by atoms with Crippen molar-refractivity contribution in [2.24, 2.45) is 9.98 Å². The summed E-state index contributed by atoms with van der Waals surface area (Å²) in [4.78, 5) is 8.45. The van der Waals surface area contributed by atoms with Gasteiger partial charge in [-0.15, -0.1) is 0 Å². The third-order valence-electron chi connectivity index (χ3n) is 1.67. The van der Waals surface area contributed by atoms with Crippen molar-refractivity contribution in [3.63, 3.8) is 0 Å². The molecular formula is C7H9N3. The molecule has 0 aromatic heterocycles. The molecule has 2 atom stereocenters. The average molecular weight is 135 g/mol. The second kappa shape index (κ2) is 1.94. The van der Waals surface area contributed by atoms with E-state index in [2.05, 4.69) is 21.4 Å². The molecule has 0 saturated carbocycles. The van der Waals surface area contributed by atoms with E-state index < -0.39 is 0 Å². The molecule has 0 bridgehead atoms. The Bertz CT molecular complexity index is 227. The van der Waals surface area contributed by atoms with Crippen LogP contribution in [0.4, 0.5) is 0 Å². The summed E-state index contributed by atoms with van der Waals surface area (Å²) >= 11 is 0. The molecule has 0 radical (unpaired) electrons. The van der Waals surface area contributed by atoms with Crippen LogP contribution < -0.4 is 5.32 Å². The molecule has 2 aliphatic rings. The number of rotatable bonds is 0. The smallest absolute Gasteiger partial charge is 0.165 e. The third kappa shape index (κ3) is 0.744. The van der Waals surface area contributed by atoms with Crippen molar-refractivity contribution in [1.29, 1.82) is 0 Å². The molecule has 10 heavy (non-hydrogen) atoms. The standard InChI is InChI=1S/C7H9N3/c1-5-9-6-3-2-4-8-7(6)10-5/h2-4,6-7H,1H3,(H,9,10). The van der Waals surface area contributed by atoms with Gasteiger partial charge in [0.05, 0.1) is 11.9 Å². The van der Waals surface area contributed by atoms with Crippen LogP contribution in [0, 0.1) is 0 Å². The Morgan fingerprint density at radius 2 is 2.50 bits per heavy atom. The maximum Gasteiger partial charge on any atom is 0.165 e. The van der Waals surface area contributed by atoms with Crippen molar-refractivity contribution < 1.29 is 0 Å². The van der Waals surface area contributed by atoms with Crippen LogP contribution >= 0.6 is 0 Å². The van der Waals surface area contributed by atoms with Crippen molar-refractivity contribution in [1.82, 2.24) is 5.32 Å². The monoisotopic (exact) mass is 135 g/mol. The van der Waals surface area contributed by atoms with Crippen molar-refractivity contribution in [2.45, 2.75) is 19.1 Å². The Morgan fingerprint density at radius 3 is 3.30 bits per heavy atom. The molecule has 0 fully saturated rings. The summed E-state index contributed by atoms with van der Waals surface area (Å²) in [5.41, 5.74) is 0. The Labute approximate surface area is 59.6 Å². The maximum absolute atomic E-state index is 4.27. The van der Waals surface area contributed by atoms with Gasteiger partial charge in [-0.25, -0.2) is 4.99 Å². The Morgan fingerprint density at radius 1 is 1.60 bits per heavy atom. The summed E-state index contributed by atoms with van der Waals surface area (Å²) in [5.74, 6) is 0.985. The van der Waals surface area contributed by atoms with Gasteiger partial charge in [0.25, 0.3) is 0 Å². The first kappa shape index (κ1) is 5.65. The van der Waals surface area contributed by atoms with Crippen molar-refractivity contribution in [3.05, 3.63) is 12.2 Å². The lowest BCUT2D eigenvalue weighted by atomic mass is 10.2. The minimum Gasteiger partial charge on any atom is -0.364 e. The van der Waals surface area contributed by atoms with E-state index >= 15 is 0 Å². The molecule has 2 unspecified atom stereocenters. The van der Waals surface area contributed by atoms with E-state index in [1.165, 1.54) is 0 Å². The van der Waals surface area contributed by atoms with Crippen LogP contribution in [0.3, 0.4) is 0 Å². The Hall–Kier alpha value is -1.12. The predicted molar refractivity (Wildman–Crippen MR) is 41.5 cm³/mol. The second-order valence-electron chi connectivity index (χ2n) is 2.48. The van der Waals surface area contributed by atoms with Crippen LogP contribution in [-0.2, 0) is 0 Å². The summed E-state index contributed by atoms with van der Waals surface area (Å²) in [6, 6.07) is 0.310. The first-order valence-electron chi connectivity index (χ1n) is 3.37. The van der Waals surface area contributed by atoms with Gasteiger partial charge in [-0.05, 0) is 13.0 Å². The highest BCUT2D eigenvalue weighted by Gasteiger charge is 2.24. The molecule has 0 aliphatic carbocycles. The van der Waals surface area contributed by atoms with Crippen LogP contribution in [-0.4, -0.2) is 24.3 Å². The van der Waals surface area contributed by atoms with E-state index in [0.29, 0.717) is 6.04 Å². The summed E-state index contributed by atoms with van der Waals surface area (Å²) in [7, 11) is 0. The third-order valence-corrected chi connectivity index (χ3v) is 1.67. The van der Waals surface area contributed by atoms with E-state index in [-0.39, 0.29) is 6.17 Å². The van der Waals surface area contributed by atoms with Crippen LogP contribution in [0.2, 0.25) is 0 Å². The van der Waals surface area contributed by atoms with E-state index in [1.807, 2.05) is 13.0 Å². The second-order valence-corrected chi connectivity index (χ2v) is 2.48. The normalized spacial score (nSPS) is 35.1. The van der Waals surface area contributed by atoms with Crippen LogP contribution in [0.25, 0.3) is 0 Å². The highest BCUT2D eigenvalue weighted by Crippen LogP contribution is 2.11. The van der Waals surface area contributed by atoms with E-state index in [0.717, 1.165) is 5.84 Å². The molecule has 2 rings (SSSR count). The largest absolute Gasteiger partial charge is 0.364 e. The Balaban J connectivity index is 2.24. The lowest BCUT2D eigenvalue weighted by Crippen LogP contribution is -2.32. The summed E-state index contributed by atoms with van der Waals surface area (Å²) in [6.07, 6.45) is 5.93. The van der Waals surface area contributed by atoms with Crippen LogP contribution in [0.1, 0.15) is 6.92 Å².